The number of imide groups is 1. The van der Waals surface area contributed by atoms with Crippen molar-refractivity contribution < 1.29 is 33.4 Å². The Bertz CT molecular complexity index is 1610. The van der Waals surface area contributed by atoms with Crippen LogP contribution >= 0.6 is 0 Å². The van der Waals surface area contributed by atoms with Crippen LogP contribution in [0.5, 0.6) is 17.2 Å². The minimum Gasteiger partial charge on any atom is -0.494 e. The molecule has 9 heteroatoms. The van der Waals surface area contributed by atoms with Crippen molar-refractivity contribution in [2.75, 3.05) is 23.7 Å². The van der Waals surface area contributed by atoms with Gasteiger partial charge in [0.2, 0.25) is 5.91 Å². The molecular formula is C33H28N2O7. The van der Waals surface area contributed by atoms with E-state index in [1.54, 1.807) is 71.8 Å². The summed E-state index contributed by atoms with van der Waals surface area (Å²) >= 11 is 0. The fourth-order valence-corrected chi connectivity index (χ4v) is 5.35. The summed E-state index contributed by atoms with van der Waals surface area (Å²) in [4.78, 5) is 47.7. The molecule has 4 aromatic carbocycles. The van der Waals surface area contributed by atoms with Crippen LogP contribution in [0.2, 0.25) is 0 Å². The topological polar surface area (TPSA) is 94.6 Å². The van der Waals surface area contributed by atoms with Gasteiger partial charge in [-0.05, 0) is 73.2 Å². The fourth-order valence-electron chi connectivity index (χ4n) is 5.35. The van der Waals surface area contributed by atoms with E-state index >= 15 is 0 Å². The van der Waals surface area contributed by atoms with Crippen LogP contribution in [0.1, 0.15) is 28.9 Å². The van der Waals surface area contributed by atoms with Gasteiger partial charge in [-0.2, -0.15) is 0 Å². The highest BCUT2D eigenvalue weighted by Gasteiger charge is 2.60. The van der Waals surface area contributed by atoms with Crippen molar-refractivity contribution in [3.05, 3.63) is 114 Å². The first-order valence-corrected chi connectivity index (χ1v) is 13.6. The van der Waals surface area contributed by atoms with Crippen LogP contribution in [-0.4, -0.2) is 37.6 Å². The lowest BCUT2D eigenvalue weighted by molar-refractivity contribution is -0.126. The number of anilines is 2. The SMILES string of the molecule is CCOc1ccc(N2C(=O)[C@H]3[C@@H](ON(c4ccccc4)[C@H]3c3ccc(OC(=O)c4ccccc4)c(OC)c3)C2=O)cc1. The molecule has 9 nitrogen and oxygen atoms in total. The Morgan fingerprint density at radius 2 is 1.50 bits per heavy atom. The minimum absolute atomic E-state index is 0.224. The maximum absolute atomic E-state index is 14.0. The van der Waals surface area contributed by atoms with E-state index < -0.39 is 29.9 Å². The van der Waals surface area contributed by atoms with Crippen LogP contribution < -0.4 is 24.2 Å². The van der Waals surface area contributed by atoms with E-state index in [1.165, 1.54) is 12.0 Å². The molecule has 0 bridgehead atoms. The van der Waals surface area contributed by atoms with E-state index in [0.29, 0.717) is 40.6 Å². The Hall–Kier alpha value is -5.15. The summed E-state index contributed by atoms with van der Waals surface area (Å²) in [6, 6.07) is 29.1. The van der Waals surface area contributed by atoms with E-state index in [1.807, 2.05) is 43.3 Å². The second kappa shape index (κ2) is 11.4. The van der Waals surface area contributed by atoms with Gasteiger partial charge in [0.25, 0.3) is 5.91 Å². The highest BCUT2D eigenvalue weighted by Crippen LogP contribution is 2.48. The molecule has 0 saturated carbocycles. The molecule has 2 saturated heterocycles. The van der Waals surface area contributed by atoms with Crippen LogP contribution in [-0.2, 0) is 14.4 Å². The van der Waals surface area contributed by atoms with Gasteiger partial charge in [-0.15, -0.1) is 0 Å². The Labute approximate surface area is 242 Å². The number of fused-ring (bicyclic) bond motifs is 1. The summed E-state index contributed by atoms with van der Waals surface area (Å²) in [5.74, 6) is -1.03. The van der Waals surface area contributed by atoms with Gasteiger partial charge in [0.05, 0.1) is 36.7 Å². The van der Waals surface area contributed by atoms with Crippen LogP contribution in [0.4, 0.5) is 11.4 Å². The number of hydrogen-bond donors (Lipinski definition) is 0. The minimum atomic E-state index is -1.03. The van der Waals surface area contributed by atoms with Crippen molar-refractivity contribution in [2.45, 2.75) is 19.1 Å². The largest absolute Gasteiger partial charge is 0.494 e. The molecule has 2 amide bonds. The number of carbonyl (C=O) groups excluding carboxylic acids is 3. The van der Waals surface area contributed by atoms with Gasteiger partial charge < -0.3 is 14.2 Å². The average molecular weight is 565 g/mol. The summed E-state index contributed by atoms with van der Waals surface area (Å²) in [6.07, 6.45) is -1.03. The predicted molar refractivity (Wildman–Crippen MR) is 155 cm³/mol. The third-order valence-electron chi connectivity index (χ3n) is 7.27. The number of amides is 2. The monoisotopic (exact) mass is 564 g/mol. The van der Waals surface area contributed by atoms with Gasteiger partial charge in [-0.1, -0.05) is 42.5 Å². The molecule has 2 aliphatic heterocycles. The lowest BCUT2D eigenvalue weighted by Crippen LogP contribution is -2.37. The number of hydrogen-bond acceptors (Lipinski definition) is 8. The number of carbonyl (C=O) groups is 3. The maximum Gasteiger partial charge on any atom is 0.343 e. The molecule has 2 aliphatic rings. The molecule has 212 valence electrons. The zero-order valence-corrected chi connectivity index (χ0v) is 23.0. The maximum atomic E-state index is 14.0. The zero-order valence-electron chi connectivity index (χ0n) is 23.0. The van der Waals surface area contributed by atoms with Crippen molar-refractivity contribution in [3.8, 4) is 17.2 Å². The van der Waals surface area contributed by atoms with E-state index in [4.69, 9.17) is 19.0 Å². The number of rotatable bonds is 8. The van der Waals surface area contributed by atoms with Crippen LogP contribution in [0.25, 0.3) is 0 Å². The number of esters is 1. The summed E-state index contributed by atoms with van der Waals surface area (Å²) in [7, 11) is 1.47. The molecule has 0 spiro atoms. The summed E-state index contributed by atoms with van der Waals surface area (Å²) in [5.41, 5.74) is 2.17. The quantitative estimate of drug-likeness (QED) is 0.160. The number of para-hydroxylation sites is 1. The molecule has 0 unspecified atom stereocenters. The summed E-state index contributed by atoms with van der Waals surface area (Å²) in [5, 5.41) is 1.60. The van der Waals surface area contributed by atoms with Gasteiger partial charge in [0.15, 0.2) is 17.6 Å². The molecule has 3 atom stereocenters. The smallest absolute Gasteiger partial charge is 0.343 e. The summed E-state index contributed by atoms with van der Waals surface area (Å²) < 4.78 is 16.7. The van der Waals surface area contributed by atoms with Crippen molar-refractivity contribution in [1.82, 2.24) is 0 Å². The number of nitrogens with zero attached hydrogens (tertiary/aromatic N) is 2. The predicted octanol–water partition coefficient (Wildman–Crippen LogP) is 5.36. The van der Waals surface area contributed by atoms with Crippen molar-refractivity contribution in [3.63, 3.8) is 0 Å². The molecule has 42 heavy (non-hydrogen) atoms. The highest BCUT2D eigenvalue weighted by atomic mass is 16.7. The Balaban J connectivity index is 1.35. The van der Waals surface area contributed by atoms with Crippen LogP contribution in [0.15, 0.2) is 103 Å². The fraction of sp³-hybridized carbons (Fsp3) is 0.182. The van der Waals surface area contributed by atoms with Crippen molar-refractivity contribution in [1.29, 1.82) is 0 Å². The van der Waals surface area contributed by atoms with Crippen molar-refractivity contribution in [2.24, 2.45) is 5.92 Å². The molecule has 4 aromatic rings. The number of ether oxygens (including phenoxy) is 3. The van der Waals surface area contributed by atoms with Gasteiger partial charge in [0.1, 0.15) is 11.7 Å². The number of hydroxylamine groups is 1. The highest BCUT2D eigenvalue weighted by molar-refractivity contribution is 6.24. The van der Waals surface area contributed by atoms with E-state index in [0.717, 1.165) is 0 Å². The Kier molecular flexibility index (Phi) is 7.33. The molecule has 0 radical (unpaired) electrons. The first-order valence-electron chi connectivity index (χ1n) is 13.6. The Morgan fingerprint density at radius 3 is 2.17 bits per heavy atom. The van der Waals surface area contributed by atoms with Crippen LogP contribution in [0.3, 0.4) is 0 Å². The van der Waals surface area contributed by atoms with Gasteiger partial charge in [-0.3, -0.25) is 14.4 Å². The standard InChI is InChI=1S/C33H28N2O7/c1-3-40-25-17-15-23(16-18-25)34-31(36)28-29(35(42-30(28)32(34)37)24-12-8-5-9-13-24)22-14-19-26(27(20-22)39-2)41-33(38)21-10-6-4-7-11-21/h4-20,28-30H,3H2,1-2H3/t28-,29+,30-/m1/s1. The zero-order chi connectivity index (χ0) is 29.2. The van der Waals surface area contributed by atoms with Gasteiger partial charge >= 0.3 is 5.97 Å². The van der Waals surface area contributed by atoms with Crippen LogP contribution in [0, 0.1) is 5.92 Å². The average Bonchev–Trinajstić information content (AvgIpc) is 3.54. The van der Waals surface area contributed by atoms with E-state index in [-0.39, 0.29) is 11.7 Å². The molecule has 0 N–H and O–H groups in total. The Morgan fingerprint density at radius 1 is 0.810 bits per heavy atom. The van der Waals surface area contributed by atoms with Gasteiger partial charge in [0, 0.05) is 0 Å². The van der Waals surface area contributed by atoms with E-state index in [2.05, 4.69) is 0 Å². The van der Waals surface area contributed by atoms with Gasteiger partial charge in [-0.25, -0.2) is 14.8 Å². The number of benzene rings is 4. The molecule has 6 rings (SSSR count). The lowest BCUT2D eigenvalue weighted by atomic mass is 9.90. The number of methoxy groups -OCH3 is 1. The second-order valence-corrected chi connectivity index (χ2v) is 9.76. The second-order valence-electron chi connectivity index (χ2n) is 9.76. The first-order chi connectivity index (χ1) is 20.5. The molecular weight excluding hydrogens is 536 g/mol. The normalized spacial score (nSPS) is 19.5. The summed E-state index contributed by atoms with van der Waals surface area (Å²) in [6.45, 7) is 2.39. The molecule has 2 heterocycles. The lowest BCUT2D eigenvalue weighted by Gasteiger charge is -2.29. The molecule has 0 aromatic heterocycles. The van der Waals surface area contributed by atoms with Crippen molar-refractivity contribution >= 4 is 29.2 Å². The third kappa shape index (κ3) is 4.84. The first kappa shape index (κ1) is 27.0. The molecule has 2 fully saturated rings. The van der Waals surface area contributed by atoms with E-state index in [9.17, 15) is 14.4 Å². The molecule has 0 aliphatic carbocycles. The third-order valence-corrected chi connectivity index (χ3v) is 7.27.